The largest absolute Gasteiger partial charge is 0.497 e. The zero-order chi connectivity index (χ0) is 22.7. The summed E-state index contributed by atoms with van der Waals surface area (Å²) in [6, 6.07) is 16.1. The number of hydrogen-bond donors (Lipinski definition) is 0. The Labute approximate surface area is 181 Å². The summed E-state index contributed by atoms with van der Waals surface area (Å²) in [6.07, 6.45) is 0. The van der Waals surface area contributed by atoms with Gasteiger partial charge in [-0.05, 0) is 61.5 Å². The standard InChI is InChI=1S/C23H19F2N3O4/c1-3-31-19-13-12-18-21(27-19)28(15-6-10-17(11-7-15)32-23(24)25)22(29)20(26-18)14-4-8-16(30-2)9-5-14/h4-13,23H,3H2,1-2H3. The quantitative estimate of drug-likeness (QED) is 0.423. The topological polar surface area (TPSA) is 75.5 Å². The summed E-state index contributed by atoms with van der Waals surface area (Å²) in [4.78, 5) is 22.5. The molecule has 0 aliphatic rings. The molecular formula is C23H19F2N3O4. The molecule has 9 heteroatoms. The van der Waals surface area contributed by atoms with E-state index in [2.05, 4.69) is 14.7 Å². The zero-order valence-corrected chi connectivity index (χ0v) is 17.3. The second-order valence-corrected chi connectivity index (χ2v) is 6.63. The van der Waals surface area contributed by atoms with E-state index in [-0.39, 0.29) is 17.1 Å². The first kappa shape index (κ1) is 21.2. The predicted molar refractivity (Wildman–Crippen MR) is 115 cm³/mol. The van der Waals surface area contributed by atoms with Crippen LogP contribution in [-0.2, 0) is 0 Å². The van der Waals surface area contributed by atoms with Crippen LogP contribution in [0.2, 0.25) is 0 Å². The first-order chi connectivity index (χ1) is 15.5. The van der Waals surface area contributed by atoms with Gasteiger partial charge in [0.05, 0.1) is 19.4 Å². The summed E-state index contributed by atoms with van der Waals surface area (Å²) in [7, 11) is 1.55. The average Bonchev–Trinajstić information content (AvgIpc) is 2.79. The Kier molecular flexibility index (Phi) is 5.98. The number of halogens is 2. The summed E-state index contributed by atoms with van der Waals surface area (Å²) in [5.74, 6) is 0.964. The monoisotopic (exact) mass is 439 g/mol. The van der Waals surface area contributed by atoms with Gasteiger partial charge in [0.25, 0.3) is 5.56 Å². The summed E-state index contributed by atoms with van der Waals surface area (Å²) >= 11 is 0. The fraction of sp³-hybridized carbons (Fsp3) is 0.174. The SMILES string of the molecule is CCOc1ccc2nc(-c3ccc(OC)cc3)c(=O)n(-c3ccc(OC(F)F)cc3)c2n1. The highest BCUT2D eigenvalue weighted by atomic mass is 19.3. The summed E-state index contributed by atoms with van der Waals surface area (Å²) < 4.78 is 41.5. The van der Waals surface area contributed by atoms with Crippen molar-refractivity contribution in [3.05, 3.63) is 71.0 Å². The Hall–Kier alpha value is -4.01. The molecule has 2 aromatic heterocycles. The van der Waals surface area contributed by atoms with Crippen LogP contribution >= 0.6 is 0 Å². The van der Waals surface area contributed by atoms with Crippen LogP contribution in [0.4, 0.5) is 8.78 Å². The Morgan fingerprint density at radius 1 is 0.938 bits per heavy atom. The molecule has 0 spiro atoms. The van der Waals surface area contributed by atoms with Crippen molar-refractivity contribution in [2.45, 2.75) is 13.5 Å². The second kappa shape index (κ2) is 9.01. The van der Waals surface area contributed by atoms with Crippen LogP contribution in [0.5, 0.6) is 17.4 Å². The number of ether oxygens (including phenoxy) is 3. The van der Waals surface area contributed by atoms with Crippen LogP contribution in [0.15, 0.2) is 65.5 Å². The highest BCUT2D eigenvalue weighted by molar-refractivity contribution is 5.77. The first-order valence-corrected chi connectivity index (χ1v) is 9.76. The van der Waals surface area contributed by atoms with E-state index in [4.69, 9.17) is 9.47 Å². The smallest absolute Gasteiger partial charge is 0.387 e. The van der Waals surface area contributed by atoms with Crippen LogP contribution in [0.3, 0.4) is 0 Å². The molecule has 0 aliphatic heterocycles. The molecule has 4 aromatic rings. The van der Waals surface area contributed by atoms with Crippen molar-refractivity contribution in [2.24, 2.45) is 0 Å². The van der Waals surface area contributed by atoms with E-state index in [1.807, 2.05) is 6.92 Å². The lowest BCUT2D eigenvalue weighted by Crippen LogP contribution is -2.23. The van der Waals surface area contributed by atoms with E-state index >= 15 is 0 Å². The van der Waals surface area contributed by atoms with Crippen LogP contribution in [-0.4, -0.2) is 34.9 Å². The van der Waals surface area contributed by atoms with Gasteiger partial charge in [0, 0.05) is 11.6 Å². The number of benzene rings is 2. The first-order valence-electron chi connectivity index (χ1n) is 9.76. The molecule has 32 heavy (non-hydrogen) atoms. The molecule has 0 saturated heterocycles. The highest BCUT2D eigenvalue weighted by Gasteiger charge is 2.17. The van der Waals surface area contributed by atoms with Gasteiger partial charge in [-0.25, -0.2) is 4.98 Å². The van der Waals surface area contributed by atoms with Gasteiger partial charge < -0.3 is 14.2 Å². The van der Waals surface area contributed by atoms with Gasteiger partial charge in [0.2, 0.25) is 5.88 Å². The van der Waals surface area contributed by atoms with Gasteiger partial charge in [-0.15, -0.1) is 0 Å². The zero-order valence-electron chi connectivity index (χ0n) is 17.3. The van der Waals surface area contributed by atoms with E-state index in [1.165, 1.54) is 28.8 Å². The van der Waals surface area contributed by atoms with Crippen LogP contribution in [0.1, 0.15) is 6.92 Å². The summed E-state index contributed by atoms with van der Waals surface area (Å²) in [6.45, 7) is -0.715. The van der Waals surface area contributed by atoms with Crippen molar-refractivity contribution in [3.8, 4) is 34.3 Å². The maximum atomic E-state index is 13.5. The molecule has 164 valence electrons. The molecule has 0 saturated carbocycles. The number of nitrogens with zero attached hydrogens (tertiary/aromatic N) is 3. The number of pyridine rings is 1. The second-order valence-electron chi connectivity index (χ2n) is 6.63. The molecule has 0 atom stereocenters. The van der Waals surface area contributed by atoms with Gasteiger partial charge in [-0.3, -0.25) is 9.36 Å². The number of alkyl halides is 2. The van der Waals surface area contributed by atoms with Crippen molar-refractivity contribution in [1.82, 2.24) is 14.5 Å². The van der Waals surface area contributed by atoms with Crippen molar-refractivity contribution in [2.75, 3.05) is 13.7 Å². The van der Waals surface area contributed by atoms with Crippen molar-refractivity contribution in [1.29, 1.82) is 0 Å². The van der Waals surface area contributed by atoms with Crippen molar-refractivity contribution < 1.29 is 23.0 Å². The fourth-order valence-electron chi connectivity index (χ4n) is 3.23. The van der Waals surface area contributed by atoms with Gasteiger partial charge >= 0.3 is 6.61 Å². The third kappa shape index (κ3) is 4.22. The Bertz CT molecular complexity index is 1290. The van der Waals surface area contributed by atoms with E-state index in [1.54, 1.807) is 43.5 Å². The molecule has 2 aromatic carbocycles. The molecule has 0 radical (unpaired) electrons. The lowest BCUT2D eigenvalue weighted by molar-refractivity contribution is -0.0498. The van der Waals surface area contributed by atoms with Gasteiger partial charge in [-0.2, -0.15) is 13.8 Å². The average molecular weight is 439 g/mol. The predicted octanol–water partition coefficient (Wildman–Crippen LogP) is 4.46. The molecule has 4 rings (SSSR count). The lowest BCUT2D eigenvalue weighted by Gasteiger charge is -2.14. The normalized spacial score (nSPS) is 11.0. The number of rotatable bonds is 7. The minimum Gasteiger partial charge on any atom is -0.497 e. The van der Waals surface area contributed by atoms with E-state index in [0.29, 0.717) is 35.0 Å². The molecule has 2 heterocycles. The fourth-order valence-corrected chi connectivity index (χ4v) is 3.23. The van der Waals surface area contributed by atoms with Crippen LogP contribution < -0.4 is 19.8 Å². The molecular weight excluding hydrogens is 420 g/mol. The molecule has 0 aliphatic carbocycles. The lowest BCUT2D eigenvalue weighted by atomic mass is 10.1. The molecule has 0 unspecified atom stereocenters. The number of fused-ring (bicyclic) bond motifs is 1. The molecule has 0 N–H and O–H groups in total. The van der Waals surface area contributed by atoms with Crippen molar-refractivity contribution >= 4 is 11.2 Å². The summed E-state index contributed by atoms with van der Waals surface area (Å²) in [5.41, 5.74) is 1.54. The van der Waals surface area contributed by atoms with Gasteiger partial charge in [0.15, 0.2) is 5.65 Å². The number of aromatic nitrogens is 3. The Morgan fingerprint density at radius 2 is 1.62 bits per heavy atom. The molecule has 0 amide bonds. The van der Waals surface area contributed by atoms with E-state index in [9.17, 15) is 13.6 Å². The van der Waals surface area contributed by atoms with Crippen LogP contribution in [0.25, 0.3) is 28.1 Å². The maximum Gasteiger partial charge on any atom is 0.387 e. The third-order valence-corrected chi connectivity index (χ3v) is 4.65. The minimum absolute atomic E-state index is 0.0199. The maximum absolute atomic E-state index is 13.5. The summed E-state index contributed by atoms with van der Waals surface area (Å²) in [5, 5.41) is 0. The molecule has 7 nitrogen and oxygen atoms in total. The van der Waals surface area contributed by atoms with Gasteiger partial charge in [0.1, 0.15) is 22.7 Å². The van der Waals surface area contributed by atoms with Crippen molar-refractivity contribution in [3.63, 3.8) is 0 Å². The van der Waals surface area contributed by atoms with Crippen LogP contribution in [0, 0.1) is 0 Å². The minimum atomic E-state index is -2.94. The van der Waals surface area contributed by atoms with E-state index in [0.717, 1.165) is 0 Å². The highest BCUT2D eigenvalue weighted by Crippen LogP contribution is 2.24. The Balaban J connectivity index is 1.93. The number of methoxy groups -OCH3 is 1. The third-order valence-electron chi connectivity index (χ3n) is 4.65. The molecule has 0 bridgehead atoms. The Morgan fingerprint density at radius 3 is 2.25 bits per heavy atom. The van der Waals surface area contributed by atoms with Gasteiger partial charge in [-0.1, -0.05) is 0 Å². The molecule has 0 fully saturated rings. The van der Waals surface area contributed by atoms with E-state index < -0.39 is 12.2 Å². The number of hydrogen-bond acceptors (Lipinski definition) is 6.